The SMILES string of the molecule is [Br-].c1ccc([P+](c2ccccc2)(c2ccccc2)C2OCCO2)cc1. The van der Waals surface area contributed by atoms with Crippen molar-refractivity contribution >= 4 is 23.2 Å². The third-order valence-electron chi connectivity index (χ3n) is 4.41. The molecule has 0 amide bonds. The van der Waals surface area contributed by atoms with Crippen LogP contribution in [-0.2, 0) is 9.47 Å². The molecular formula is C21H20BrO2P. The normalized spacial score (nSPS) is 14.9. The zero-order valence-electron chi connectivity index (χ0n) is 13.8. The van der Waals surface area contributed by atoms with Crippen LogP contribution in [-0.4, -0.2) is 19.2 Å². The van der Waals surface area contributed by atoms with Crippen molar-refractivity contribution in [3.63, 3.8) is 0 Å². The molecule has 1 saturated heterocycles. The van der Waals surface area contributed by atoms with E-state index in [1.807, 2.05) is 0 Å². The third kappa shape index (κ3) is 3.30. The molecule has 1 heterocycles. The highest BCUT2D eigenvalue weighted by Gasteiger charge is 2.56. The van der Waals surface area contributed by atoms with Gasteiger partial charge in [0.25, 0.3) is 6.03 Å². The van der Waals surface area contributed by atoms with E-state index in [0.29, 0.717) is 13.2 Å². The Bertz CT molecular complexity index is 678. The highest BCUT2D eigenvalue weighted by atomic mass is 79.9. The van der Waals surface area contributed by atoms with E-state index in [-0.39, 0.29) is 23.0 Å². The molecule has 128 valence electrons. The summed E-state index contributed by atoms with van der Waals surface area (Å²) < 4.78 is 12.2. The van der Waals surface area contributed by atoms with Crippen molar-refractivity contribution in [3.05, 3.63) is 91.0 Å². The summed E-state index contributed by atoms with van der Waals surface area (Å²) in [6.07, 6.45) is 0. The smallest absolute Gasteiger partial charge is 0.288 e. The predicted molar refractivity (Wildman–Crippen MR) is 101 cm³/mol. The zero-order chi connectivity index (χ0) is 16.2. The Morgan fingerprint density at radius 1 is 0.560 bits per heavy atom. The van der Waals surface area contributed by atoms with Crippen molar-refractivity contribution in [2.75, 3.05) is 13.2 Å². The second-order valence-electron chi connectivity index (χ2n) is 5.78. The van der Waals surface area contributed by atoms with Crippen LogP contribution in [0.2, 0.25) is 0 Å². The zero-order valence-corrected chi connectivity index (χ0v) is 16.3. The Morgan fingerprint density at radius 2 is 0.880 bits per heavy atom. The molecule has 4 heteroatoms. The average Bonchev–Trinajstić information content (AvgIpc) is 3.20. The van der Waals surface area contributed by atoms with Crippen LogP contribution in [0.4, 0.5) is 0 Å². The first kappa shape index (κ1) is 18.3. The summed E-state index contributed by atoms with van der Waals surface area (Å²) in [5, 5.41) is 3.86. The van der Waals surface area contributed by atoms with E-state index in [0.717, 1.165) is 0 Å². The van der Waals surface area contributed by atoms with Gasteiger partial charge in [-0.3, -0.25) is 0 Å². The van der Waals surface area contributed by atoms with Crippen molar-refractivity contribution in [2.45, 2.75) is 6.03 Å². The lowest BCUT2D eigenvalue weighted by molar-refractivity contribution is -0.0000114. The van der Waals surface area contributed by atoms with Gasteiger partial charge in [0.2, 0.25) is 0 Å². The van der Waals surface area contributed by atoms with Crippen molar-refractivity contribution in [3.8, 4) is 0 Å². The molecule has 0 bridgehead atoms. The Kier molecular flexibility index (Phi) is 6.03. The Morgan fingerprint density at radius 3 is 1.20 bits per heavy atom. The summed E-state index contributed by atoms with van der Waals surface area (Å²) in [5.74, 6) is 0. The van der Waals surface area contributed by atoms with E-state index in [2.05, 4.69) is 91.0 Å². The maximum Gasteiger partial charge on any atom is 0.288 e. The second-order valence-corrected chi connectivity index (χ2v) is 9.19. The molecule has 0 unspecified atom stereocenters. The van der Waals surface area contributed by atoms with Gasteiger partial charge in [-0.25, -0.2) is 0 Å². The highest BCUT2D eigenvalue weighted by molar-refractivity contribution is 7.96. The Hall–Kier alpha value is -1.51. The molecule has 0 atom stereocenters. The molecule has 0 aliphatic carbocycles. The van der Waals surface area contributed by atoms with Gasteiger partial charge in [0.1, 0.15) is 15.9 Å². The number of ether oxygens (including phenoxy) is 2. The van der Waals surface area contributed by atoms with Crippen molar-refractivity contribution < 1.29 is 26.5 Å². The van der Waals surface area contributed by atoms with Crippen LogP contribution in [0.3, 0.4) is 0 Å². The fraction of sp³-hybridized carbons (Fsp3) is 0.143. The summed E-state index contributed by atoms with van der Waals surface area (Å²) in [4.78, 5) is 0. The van der Waals surface area contributed by atoms with E-state index in [9.17, 15) is 0 Å². The largest absolute Gasteiger partial charge is 1.00 e. The van der Waals surface area contributed by atoms with Gasteiger partial charge in [-0.2, -0.15) is 0 Å². The molecule has 0 N–H and O–H groups in total. The summed E-state index contributed by atoms with van der Waals surface area (Å²) in [5.41, 5.74) is 0. The summed E-state index contributed by atoms with van der Waals surface area (Å²) >= 11 is 0. The Balaban J connectivity index is 0.00000182. The maximum absolute atomic E-state index is 6.11. The number of rotatable bonds is 4. The van der Waals surface area contributed by atoms with Crippen LogP contribution in [0.15, 0.2) is 91.0 Å². The molecule has 0 radical (unpaired) electrons. The summed E-state index contributed by atoms with van der Waals surface area (Å²) in [6.45, 7) is 1.30. The molecular weight excluding hydrogens is 395 g/mol. The van der Waals surface area contributed by atoms with Gasteiger partial charge in [-0.1, -0.05) is 54.6 Å². The van der Waals surface area contributed by atoms with Gasteiger partial charge < -0.3 is 26.5 Å². The lowest BCUT2D eigenvalue weighted by atomic mass is 10.4. The third-order valence-corrected chi connectivity index (χ3v) is 8.68. The topological polar surface area (TPSA) is 18.5 Å². The van der Waals surface area contributed by atoms with E-state index in [4.69, 9.17) is 9.47 Å². The minimum atomic E-state index is -2.05. The van der Waals surface area contributed by atoms with Crippen molar-refractivity contribution in [2.24, 2.45) is 0 Å². The number of halogens is 1. The van der Waals surface area contributed by atoms with Crippen LogP contribution < -0.4 is 32.9 Å². The van der Waals surface area contributed by atoms with Gasteiger partial charge in [-0.05, 0) is 36.4 Å². The average molecular weight is 415 g/mol. The van der Waals surface area contributed by atoms with Crippen LogP contribution in [0.5, 0.6) is 0 Å². The van der Waals surface area contributed by atoms with E-state index in [1.54, 1.807) is 0 Å². The van der Waals surface area contributed by atoms with E-state index >= 15 is 0 Å². The van der Waals surface area contributed by atoms with Crippen LogP contribution in [0.1, 0.15) is 0 Å². The minimum absolute atomic E-state index is 0. The summed E-state index contributed by atoms with van der Waals surface area (Å²) in [6, 6.07) is 31.8. The lowest BCUT2D eigenvalue weighted by Gasteiger charge is -2.30. The van der Waals surface area contributed by atoms with Crippen LogP contribution in [0.25, 0.3) is 0 Å². The van der Waals surface area contributed by atoms with Gasteiger partial charge in [0.05, 0.1) is 13.2 Å². The fourth-order valence-corrected chi connectivity index (χ4v) is 7.58. The second kappa shape index (κ2) is 8.25. The van der Waals surface area contributed by atoms with Crippen LogP contribution in [0, 0.1) is 0 Å². The number of hydrogen-bond donors (Lipinski definition) is 0. The molecule has 3 aromatic rings. The standard InChI is InChI=1S/C21H20O2P.BrH/c1-4-10-18(11-5-1)24(21-22-16-17-23-21,19-12-6-2-7-13-19)20-14-8-3-9-15-20;/h1-15,21H,16-17H2;1H/q+1;/p-1. The molecule has 3 aromatic carbocycles. The molecule has 0 saturated carbocycles. The quantitative estimate of drug-likeness (QED) is 0.572. The first-order valence-electron chi connectivity index (χ1n) is 8.21. The number of benzene rings is 3. The molecule has 1 aliphatic rings. The van der Waals surface area contributed by atoms with Gasteiger partial charge >= 0.3 is 0 Å². The fourth-order valence-electron chi connectivity index (χ4n) is 3.37. The molecule has 4 rings (SSSR count). The first-order chi connectivity index (χ1) is 11.9. The van der Waals surface area contributed by atoms with Gasteiger partial charge in [-0.15, -0.1) is 0 Å². The molecule has 25 heavy (non-hydrogen) atoms. The molecule has 2 nitrogen and oxygen atoms in total. The lowest BCUT2D eigenvalue weighted by Crippen LogP contribution is -3.00. The van der Waals surface area contributed by atoms with Crippen molar-refractivity contribution in [1.29, 1.82) is 0 Å². The van der Waals surface area contributed by atoms with Gasteiger partial charge in [0, 0.05) is 0 Å². The molecule has 1 fully saturated rings. The van der Waals surface area contributed by atoms with Gasteiger partial charge in [0.15, 0.2) is 7.26 Å². The molecule has 0 spiro atoms. The van der Waals surface area contributed by atoms with E-state index in [1.165, 1.54) is 15.9 Å². The highest BCUT2D eigenvalue weighted by Crippen LogP contribution is 2.61. The number of hydrogen-bond acceptors (Lipinski definition) is 2. The molecule has 1 aliphatic heterocycles. The predicted octanol–water partition coefficient (Wildman–Crippen LogP) is 0.315. The molecule has 0 aromatic heterocycles. The first-order valence-corrected chi connectivity index (χ1v) is 10.1. The Labute approximate surface area is 159 Å². The summed E-state index contributed by atoms with van der Waals surface area (Å²) in [7, 11) is -2.05. The monoisotopic (exact) mass is 414 g/mol. The van der Waals surface area contributed by atoms with Crippen LogP contribution >= 0.6 is 7.26 Å². The van der Waals surface area contributed by atoms with E-state index < -0.39 is 7.26 Å². The minimum Gasteiger partial charge on any atom is -1.00 e. The maximum atomic E-state index is 6.11. The van der Waals surface area contributed by atoms with Crippen molar-refractivity contribution in [1.82, 2.24) is 0 Å².